The summed E-state index contributed by atoms with van der Waals surface area (Å²) in [5.74, 6) is 0.217. The summed E-state index contributed by atoms with van der Waals surface area (Å²) in [6.07, 6.45) is 4.59. The molecule has 5 atom stereocenters. The lowest BCUT2D eigenvalue weighted by atomic mass is 9.88. The van der Waals surface area contributed by atoms with Crippen molar-refractivity contribution in [1.29, 1.82) is 0 Å². The van der Waals surface area contributed by atoms with Crippen LogP contribution in [0.5, 0.6) is 17.6 Å². The summed E-state index contributed by atoms with van der Waals surface area (Å²) in [6, 6.07) is 11.2. The Morgan fingerprint density at radius 2 is 2.02 bits per heavy atom. The number of piperazine rings is 1. The molecule has 5 aliphatic heterocycles. The zero-order chi connectivity index (χ0) is 29.6. The number of aromatic nitrogens is 3. The predicted octanol–water partition coefficient (Wildman–Crippen LogP) is 4.74. The Hall–Kier alpha value is -3.83. The normalized spacial score (nSPS) is 29.4. The third-order valence-corrected chi connectivity index (χ3v) is 10.5. The van der Waals surface area contributed by atoms with Crippen molar-refractivity contribution in [2.75, 3.05) is 37.7 Å². The molecule has 0 amide bonds. The number of pyridine rings is 1. The zero-order valence-electron chi connectivity index (χ0n) is 24.3. The van der Waals surface area contributed by atoms with E-state index in [0.717, 1.165) is 49.4 Å². The predicted molar refractivity (Wildman–Crippen MR) is 162 cm³/mol. The Morgan fingerprint density at radius 1 is 1.11 bits per heavy atom. The van der Waals surface area contributed by atoms with Gasteiger partial charge in [-0.15, -0.1) is 0 Å². The molecule has 2 aromatic heterocycles. The number of piperidine rings is 1. The second kappa shape index (κ2) is 9.84. The van der Waals surface area contributed by atoms with Crippen molar-refractivity contribution in [3.8, 4) is 28.9 Å². The number of fused-ring (bicyclic) bond motifs is 7. The number of nitrogens with zero attached hydrogens (tertiary/aromatic N) is 5. The summed E-state index contributed by atoms with van der Waals surface area (Å²) in [5.41, 5.74) is 0.167. The van der Waals surface area contributed by atoms with Crippen molar-refractivity contribution in [3.05, 3.63) is 42.2 Å². The molecule has 0 unspecified atom stereocenters. The van der Waals surface area contributed by atoms with E-state index in [4.69, 9.17) is 19.4 Å². The van der Waals surface area contributed by atoms with Gasteiger partial charge in [-0.2, -0.15) is 9.97 Å². The van der Waals surface area contributed by atoms with Crippen molar-refractivity contribution in [2.45, 2.75) is 68.4 Å². The highest BCUT2D eigenvalue weighted by atomic mass is 19.1. The summed E-state index contributed by atoms with van der Waals surface area (Å²) < 4.78 is 44.1. The Kier molecular flexibility index (Phi) is 5.94. The molecule has 0 aliphatic carbocycles. The highest BCUT2D eigenvalue weighted by Crippen LogP contribution is 2.45. The molecule has 44 heavy (non-hydrogen) atoms. The summed E-state index contributed by atoms with van der Waals surface area (Å²) in [7, 11) is 0. The van der Waals surface area contributed by atoms with Gasteiger partial charge in [0, 0.05) is 37.2 Å². The standard InChI is InChI=1S/C33H34F2N6O3/c34-19-13-33(9-4-10-40(33)14-19)17-44-32-38-29-26-30(39-32)41-15-20-6-3-8-24(36-20)25(41)16-43-31(26)37-28(27(29)35)23-12-21(42)11-18-5-1-2-7-22(18)23/h1-2,5,7,11-12,19-20,24-25,36,42H,3-4,6,8-10,13-17H2/t19-,20+,24-,25+,33+/m1/s1. The van der Waals surface area contributed by atoms with Gasteiger partial charge in [-0.05, 0) is 55.1 Å². The number of hydrogen-bond acceptors (Lipinski definition) is 9. The van der Waals surface area contributed by atoms with Gasteiger partial charge in [0.15, 0.2) is 5.82 Å². The monoisotopic (exact) mass is 600 g/mol. The number of hydrogen-bond donors (Lipinski definition) is 2. The summed E-state index contributed by atoms with van der Waals surface area (Å²) in [5, 5.41) is 16.3. The number of benzene rings is 2. The van der Waals surface area contributed by atoms with Crippen LogP contribution in [0.25, 0.3) is 32.9 Å². The molecule has 2 aromatic carbocycles. The Labute approximate surface area is 253 Å². The Balaban J connectivity index is 1.22. The second-order valence-electron chi connectivity index (χ2n) is 13.1. The zero-order valence-corrected chi connectivity index (χ0v) is 24.3. The van der Waals surface area contributed by atoms with Crippen molar-refractivity contribution in [2.24, 2.45) is 0 Å². The lowest BCUT2D eigenvalue weighted by molar-refractivity contribution is 0.107. The van der Waals surface area contributed by atoms with E-state index >= 15 is 4.39 Å². The fourth-order valence-electron chi connectivity index (χ4n) is 8.50. The summed E-state index contributed by atoms with van der Waals surface area (Å²) in [4.78, 5) is 18.8. The lowest BCUT2D eigenvalue weighted by Gasteiger charge is -2.48. The van der Waals surface area contributed by atoms with Crippen molar-refractivity contribution < 1.29 is 23.4 Å². The number of anilines is 1. The molecule has 0 spiro atoms. The average molecular weight is 601 g/mol. The maximum atomic E-state index is 16.9. The molecule has 228 valence electrons. The first kappa shape index (κ1) is 26.6. The largest absolute Gasteiger partial charge is 0.508 e. The first-order valence-electron chi connectivity index (χ1n) is 15.8. The van der Waals surface area contributed by atoms with Crippen LogP contribution in [-0.4, -0.2) is 87.6 Å². The highest BCUT2D eigenvalue weighted by molar-refractivity contribution is 6.02. The van der Waals surface area contributed by atoms with Gasteiger partial charge in [0.25, 0.3) is 0 Å². The molecular formula is C33H34F2N6O3. The highest BCUT2D eigenvalue weighted by Gasteiger charge is 2.49. The van der Waals surface area contributed by atoms with Crippen LogP contribution < -0.4 is 19.7 Å². The number of phenols is 1. The third-order valence-electron chi connectivity index (χ3n) is 10.5. The number of aromatic hydroxyl groups is 1. The third kappa shape index (κ3) is 4.05. The molecule has 0 radical (unpaired) electrons. The Morgan fingerprint density at radius 3 is 2.95 bits per heavy atom. The molecule has 9 rings (SSSR count). The Bertz CT molecular complexity index is 1810. The minimum absolute atomic E-state index is 0.0118. The van der Waals surface area contributed by atoms with Gasteiger partial charge in [-0.3, -0.25) is 4.90 Å². The van der Waals surface area contributed by atoms with Crippen LogP contribution in [-0.2, 0) is 0 Å². The van der Waals surface area contributed by atoms with Crippen LogP contribution in [0, 0.1) is 5.82 Å². The van der Waals surface area contributed by atoms with E-state index in [-0.39, 0.29) is 47.5 Å². The molecule has 2 bridgehead atoms. The quantitative estimate of drug-likeness (QED) is 0.345. The molecule has 5 aliphatic rings. The molecule has 4 saturated heterocycles. The van der Waals surface area contributed by atoms with E-state index in [2.05, 4.69) is 20.1 Å². The van der Waals surface area contributed by atoms with Crippen LogP contribution in [0.15, 0.2) is 36.4 Å². The minimum Gasteiger partial charge on any atom is -0.508 e. The van der Waals surface area contributed by atoms with Crippen LogP contribution in [0.2, 0.25) is 0 Å². The van der Waals surface area contributed by atoms with E-state index in [1.54, 1.807) is 6.07 Å². The number of phenolic OH excluding ortho intramolecular Hbond substituents is 1. The van der Waals surface area contributed by atoms with Gasteiger partial charge in [0.1, 0.15) is 47.5 Å². The number of nitrogens with one attached hydrogen (secondary N) is 1. The van der Waals surface area contributed by atoms with Gasteiger partial charge in [-0.1, -0.05) is 30.7 Å². The van der Waals surface area contributed by atoms with Gasteiger partial charge in [0.2, 0.25) is 5.88 Å². The van der Waals surface area contributed by atoms with Gasteiger partial charge >= 0.3 is 6.01 Å². The first-order chi connectivity index (χ1) is 21.5. The SMILES string of the molecule is Oc1cc(-c2nc3c4c(nc(OC[C@@]56CCCN5C[C@H](F)C6)nc4c2F)N2C[C@@H]4CCC[C@@H](N4)[C@@H]2CO3)c2ccccc2c1. The fraction of sp³-hybridized carbons (Fsp3) is 0.485. The maximum Gasteiger partial charge on any atom is 0.319 e. The topological polar surface area (TPSA) is 95.9 Å². The summed E-state index contributed by atoms with van der Waals surface area (Å²) >= 11 is 0. The van der Waals surface area contributed by atoms with E-state index < -0.39 is 17.5 Å². The van der Waals surface area contributed by atoms with Crippen molar-refractivity contribution in [3.63, 3.8) is 0 Å². The molecule has 0 saturated carbocycles. The van der Waals surface area contributed by atoms with Crippen molar-refractivity contribution in [1.82, 2.24) is 25.2 Å². The second-order valence-corrected chi connectivity index (χ2v) is 13.1. The van der Waals surface area contributed by atoms with Gasteiger partial charge in [0.05, 0.1) is 11.6 Å². The molecule has 4 fully saturated rings. The molecule has 2 N–H and O–H groups in total. The first-order valence-corrected chi connectivity index (χ1v) is 15.8. The van der Waals surface area contributed by atoms with E-state index in [1.165, 1.54) is 6.07 Å². The van der Waals surface area contributed by atoms with Crippen LogP contribution in [0.3, 0.4) is 0 Å². The van der Waals surface area contributed by atoms with E-state index in [1.807, 2.05) is 24.3 Å². The van der Waals surface area contributed by atoms with Crippen LogP contribution in [0.1, 0.15) is 38.5 Å². The van der Waals surface area contributed by atoms with Gasteiger partial charge < -0.3 is 24.8 Å². The number of halogens is 2. The molecule has 4 aromatic rings. The summed E-state index contributed by atoms with van der Waals surface area (Å²) in [6.45, 7) is 2.58. The number of alkyl halides is 1. The van der Waals surface area contributed by atoms with Crippen LogP contribution in [0.4, 0.5) is 14.6 Å². The lowest BCUT2D eigenvalue weighted by Crippen LogP contribution is -2.65. The van der Waals surface area contributed by atoms with Crippen molar-refractivity contribution >= 4 is 27.5 Å². The van der Waals surface area contributed by atoms with Gasteiger partial charge in [-0.25, -0.2) is 13.8 Å². The molecule has 7 heterocycles. The molecule has 11 heteroatoms. The molecule has 9 nitrogen and oxygen atoms in total. The van der Waals surface area contributed by atoms with E-state index in [0.29, 0.717) is 48.9 Å². The van der Waals surface area contributed by atoms with E-state index in [9.17, 15) is 9.50 Å². The minimum atomic E-state index is -0.884. The maximum absolute atomic E-state index is 16.9. The fourth-order valence-corrected chi connectivity index (χ4v) is 8.50. The van der Waals surface area contributed by atoms with Crippen LogP contribution >= 0.6 is 0 Å². The number of ether oxygens (including phenoxy) is 2. The number of rotatable bonds is 4. The smallest absolute Gasteiger partial charge is 0.319 e. The average Bonchev–Trinajstić information content (AvgIpc) is 3.50. The molecular weight excluding hydrogens is 566 g/mol.